The molecule has 0 fully saturated rings. The molecule has 170 valence electrons. The van der Waals surface area contributed by atoms with Gasteiger partial charge in [0.05, 0.1) is 25.3 Å². The van der Waals surface area contributed by atoms with E-state index in [9.17, 15) is 9.59 Å². The van der Waals surface area contributed by atoms with Crippen LogP contribution < -0.4 is 14.9 Å². The van der Waals surface area contributed by atoms with Crippen LogP contribution in [-0.4, -0.2) is 25.2 Å². The molecule has 0 saturated heterocycles. The SMILES string of the molecule is COc1cc(C=NNC(=O)Cc2cccc3ccccc23)ccc1OC(=O)c1cccc(Br)c1. The molecule has 0 unspecified atom stereocenters. The van der Waals surface area contributed by atoms with E-state index in [0.717, 1.165) is 20.8 Å². The molecular weight excluding hydrogens is 496 g/mol. The monoisotopic (exact) mass is 516 g/mol. The number of rotatable bonds is 7. The molecule has 1 N–H and O–H groups in total. The number of amides is 1. The maximum absolute atomic E-state index is 12.4. The Morgan fingerprint density at radius 3 is 2.56 bits per heavy atom. The Hall–Kier alpha value is -3.97. The number of nitrogens with zero attached hydrogens (tertiary/aromatic N) is 1. The van der Waals surface area contributed by atoms with Crippen molar-refractivity contribution in [2.24, 2.45) is 5.10 Å². The molecule has 0 saturated carbocycles. The molecule has 0 heterocycles. The van der Waals surface area contributed by atoms with Crippen LogP contribution in [0.5, 0.6) is 11.5 Å². The predicted molar refractivity (Wildman–Crippen MR) is 135 cm³/mol. The fourth-order valence-corrected chi connectivity index (χ4v) is 3.86. The van der Waals surface area contributed by atoms with E-state index in [-0.39, 0.29) is 18.1 Å². The van der Waals surface area contributed by atoms with Gasteiger partial charge in [0.1, 0.15) is 0 Å². The van der Waals surface area contributed by atoms with Crippen molar-refractivity contribution in [2.75, 3.05) is 7.11 Å². The van der Waals surface area contributed by atoms with Gasteiger partial charge in [-0.25, -0.2) is 10.2 Å². The number of benzene rings is 4. The highest BCUT2D eigenvalue weighted by Gasteiger charge is 2.13. The van der Waals surface area contributed by atoms with Crippen molar-refractivity contribution in [2.45, 2.75) is 6.42 Å². The van der Waals surface area contributed by atoms with Gasteiger partial charge in [-0.3, -0.25) is 4.79 Å². The maximum Gasteiger partial charge on any atom is 0.343 e. The molecule has 34 heavy (non-hydrogen) atoms. The molecule has 0 aliphatic rings. The Balaban J connectivity index is 1.40. The fourth-order valence-electron chi connectivity index (χ4n) is 3.46. The lowest BCUT2D eigenvalue weighted by molar-refractivity contribution is -0.120. The average Bonchev–Trinajstić information content (AvgIpc) is 2.85. The average molecular weight is 517 g/mol. The molecule has 0 bridgehead atoms. The standard InChI is InChI=1S/C27H21BrN2O4/c1-33-25-14-18(12-13-24(25)34-27(32)21-9-5-10-22(28)15-21)17-29-30-26(31)16-20-8-4-7-19-6-2-3-11-23(19)20/h2-15,17H,16H2,1H3,(H,30,31). The summed E-state index contributed by atoms with van der Waals surface area (Å²) in [7, 11) is 1.48. The number of halogens is 1. The van der Waals surface area contributed by atoms with E-state index < -0.39 is 5.97 Å². The van der Waals surface area contributed by atoms with Gasteiger partial charge in [-0.2, -0.15) is 5.10 Å². The molecule has 4 rings (SSSR count). The predicted octanol–water partition coefficient (Wildman–Crippen LogP) is 5.52. The van der Waals surface area contributed by atoms with Crippen LogP contribution in [0, 0.1) is 0 Å². The molecule has 0 radical (unpaired) electrons. The van der Waals surface area contributed by atoms with Gasteiger partial charge in [-0.1, -0.05) is 64.5 Å². The van der Waals surface area contributed by atoms with Crippen molar-refractivity contribution in [1.82, 2.24) is 5.43 Å². The minimum absolute atomic E-state index is 0.215. The number of carbonyl (C=O) groups excluding carboxylic acids is 2. The van der Waals surface area contributed by atoms with Gasteiger partial charge in [0, 0.05) is 4.47 Å². The number of hydrazone groups is 1. The highest BCUT2D eigenvalue weighted by molar-refractivity contribution is 9.10. The smallest absolute Gasteiger partial charge is 0.343 e. The van der Waals surface area contributed by atoms with Crippen LogP contribution >= 0.6 is 15.9 Å². The largest absolute Gasteiger partial charge is 0.493 e. The quantitative estimate of drug-likeness (QED) is 0.152. The topological polar surface area (TPSA) is 77.0 Å². The number of hydrogen-bond acceptors (Lipinski definition) is 5. The molecule has 0 aliphatic heterocycles. The van der Waals surface area contributed by atoms with E-state index in [4.69, 9.17) is 9.47 Å². The van der Waals surface area contributed by atoms with Gasteiger partial charge in [-0.15, -0.1) is 0 Å². The van der Waals surface area contributed by atoms with E-state index >= 15 is 0 Å². The van der Waals surface area contributed by atoms with Gasteiger partial charge < -0.3 is 9.47 Å². The lowest BCUT2D eigenvalue weighted by Gasteiger charge is -2.10. The third-order valence-electron chi connectivity index (χ3n) is 5.08. The van der Waals surface area contributed by atoms with Gasteiger partial charge in [-0.05, 0) is 58.3 Å². The summed E-state index contributed by atoms with van der Waals surface area (Å²) in [6.45, 7) is 0. The second kappa shape index (κ2) is 10.8. The first-order chi connectivity index (χ1) is 16.5. The van der Waals surface area contributed by atoms with Crippen LogP contribution in [0.4, 0.5) is 0 Å². The van der Waals surface area contributed by atoms with Gasteiger partial charge in [0.15, 0.2) is 11.5 Å². The first-order valence-corrected chi connectivity index (χ1v) is 11.3. The normalized spacial score (nSPS) is 10.9. The van der Waals surface area contributed by atoms with Crippen molar-refractivity contribution in [1.29, 1.82) is 0 Å². The van der Waals surface area contributed by atoms with Crippen LogP contribution in [0.2, 0.25) is 0 Å². The molecule has 4 aromatic rings. The lowest BCUT2D eigenvalue weighted by atomic mass is 10.0. The third kappa shape index (κ3) is 5.68. The fraction of sp³-hybridized carbons (Fsp3) is 0.0741. The number of hydrogen-bond donors (Lipinski definition) is 1. The minimum Gasteiger partial charge on any atom is -0.493 e. The first kappa shape index (κ1) is 23.2. The summed E-state index contributed by atoms with van der Waals surface area (Å²) >= 11 is 3.34. The Bertz CT molecular complexity index is 1380. The summed E-state index contributed by atoms with van der Waals surface area (Å²) in [5.74, 6) is -0.0696. The van der Waals surface area contributed by atoms with Crippen molar-refractivity contribution >= 4 is 44.8 Å². The molecule has 1 amide bonds. The second-order valence-electron chi connectivity index (χ2n) is 7.42. The van der Waals surface area contributed by atoms with Gasteiger partial charge >= 0.3 is 5.97 Å². The molecule has 0 aromatic heterocycles. The summed E-state index contributed by atoms with van der Waals surface area (Å²) in [5, 5.41) is 6.18. The van der Waals surface area contributed by atoms with E-state index in [0.29, 0.717) is 16.9 Å². The number of nitrogens with one attached hydrogen (secondary N) is 1. The number of esters is 1. The Kier molecular flexibility index (Phi) is 7.34. The Labute approximate surface area is 205 Å². The molecule has 6 nitrogen and oxygen atoms in total. The molecule has 0 atom stereocenters. The minimum atomic E-state index is -0.498. The number of fused-ring (bicyclic) bond motifs is 1. The Morgan fingerprint density at radius 2 is 1.74 bits per heavy atom. The third-order valence-corrected chi connectivity index (χ3v) is 5.58. The van der Waals surface area contributed by atoms with Crippen molar-refractivity contribution in [3.8, 4) is 11.5 Å². The molecular formula is C27H21BrN2O4. The number of ether oxygens (including phenoxy) is 2. The zero-order valence-electron chi connectivity index (χ0n) is 18.3. The maximum atomic E-state index is 12.4. The highest BCUT2D eigenvalue weighted by Crippen LogP contribution is 2.28. The molecule has 4 aromatic carbocycles. The van der Waals surface area contributed by atoms with Crippen LogP contribution in [0.3, 0.4) is 0 Å². The van der Waals surface area contributed by atoms with Crippen LogP contribution in [0.15, 0.2) is 94.5 Å². The zero-order valence-corrected chi connectivity index (χ0v) is 19.9. The summed E-state index contributed by atoms with van der Waals surface area (Å²) in [5.41, 5.74) is 4.57. The van der Waals surface area contributed by atoms with Gasteiger partial charge in [0.2, 0.25) is 5.91 Å². The van der Waals surface area contributed by atoms with Gasteiger partial charge in [0.25, 0.3) is 0 Å². The van der Waals surface area contributed by atoms with Crippen LogP contribution in [-0.2, 0) is 11.2 Å². The molecule has 0 aliphatic carbocycles. The van der Waals surface area contributed by atoms with Crippen molar-refractivity contribution in [3.05, 3.63) is 106 Å². The van der Waals surface area contributed by atoms with E-state index in [1.165, 1.54) is 13.3 Å². The summed E-state index contributed by atoms with van der Waals surface area (Å²) in [6, 6.07) is 25.8. The molecule has 7 heteroatoms. The lowest BCUT2D eigenvalue weighted by Crippen LogP contribution is -2.19. The summed E-state index contributed by atoms with van der Waals surface area (Å²) < 4.78 is 11.6. The van der Waals surface area contributed by atoms with E-state index in [1.807, 2.05) is 48.5 Å². The summed E-state index contributed by atoms with van der Waals surface area (Å²) in [4.78, 5) is 24.8. The summed E-state index contributed by atoms with van der Waals surface area (Å²) in [6.07, 6.45) is 1.72. The van der Waals surface area contributed by atoms with E-state index in [1.54, 1.807) is 36.4 Å². The van der Waals surface area contributed by atoms with Crippen molar-refractivity contribution in [3.63, 3.8) is 0 Å². The van der Waals surface area contributed by atoms with Crippen LogP contribution in [0.25, 0.3) is 10.8 Å². The number of carbonyl (C=O) groups is 2. The number of methoxy groups -OCH3 is 1. The first-order valence-electron chi connectivity index (χ1n) is 10.5. The van der Waals surface area contributed by atoms with E-state index in [2.05, 4.69) is 26.5 Å². The molecule has 0 spiro atoms. The van der Waals surface area contributed by atoms with Crippen molar-refractivity contribution < 1.29 is 19.1 Å². The van der Waals surface area contributed by atoms with Crippen LogP contribution in [0.1, 0.15) is 21.5 Å². The second-order valence-corrected chi connectivity index (χ2v) is 8.33. The Morgan fingerprint density at radius 1 is 0.941 bits per heavy atom. The highest BCUT2D eigenvalue weighted by atomic mass is 79.9. The zero-order chi connectivity index (χ0) is 23.9.